The van der Waals surface area contributed by atoms with E-state index in [9.17, 15) is 9.59 Å². The second kappa shape index (κ2) is 8.87. The number of esters is 2. The number of carbonyl (C=O) groups is 2. The molecule has 138 valence electrons. The van der Waals surface area contributed by atoms with Gasteiger partial charge in [-0.25, -0.2) is 0 Å². The summed E-state index contributed by atoms with van der Waals surface area (Å²) in [6.45, 7) is 5.56. The molecule has 4 heteroatoms. The van der Waals surface area contributed by atoms with E-state index in [1.54, 1.807) is 0 Å². The van der Waals surface area contributed by atoms with Crippen LogP contribution in [0, 0.1) is 10.8 Å². The van der Waals surface area contributed by atoms with Crippen molar-refractivity contribution in [2.24, 2.45) is 10.8 Å². The van der Waals surface area contributed by atoms with Crippen molar-refractivity contribution < 1.29 is 19.1 Å². The Morgan fingerprint density at radius 3 is 1.29 bits per heavy atom. The Bertz CT molecular complexity index is 393. The molecule has 0 radical (unpaired) electrons. The second-order valence-electron chi connectivity index (χ2n) is 8.62. The summed E-state index contributed by atoms with van der Waals surface area (Å²) in [6.07, 6.45) is 13.6. The van der Waals surface area contributed by atoms with Crippen molar-refractivity contribution in [2.45, 2.75) is 90.9 Å². The van der Waals surface area contributed by atoms with Crippen LogP contribution < -0.4 is 0 Å². The van der Waals surface area contributed by atoms with E-state index in [0.717, 1.165) is 12.8 Å². The van der Waals surface area contributed by atoms with Gasteiger partial charge in [0, 0.05) is 10.8 Å². The number of ether oxygens (including phenoxy) is 2. The molecule has 0 saturated carbocycles. The molecule has 0 aromatic carbocycles. The molecule has 0 spiro atoms. The molecule has 2 heterocycles. The largest absolute Gasteiger partial charge is 0.465 e. The maximum absolute atomic E-state index is 11.2. The summed E-state index contributed by atoms with van der Waals surface area (Å²) >= 11 is 0. The monoisotopic (exact) mass is 338 g/mol. The zero-order chi connectivity index (χ0) is 17.5. The Hall–Kier alpha value is -1.06. The predicted molar refractivity (Wildman–Crippen MR) is 93.5 cm³/mol. The summed E-state index contributed by atoms with van der Waals surface area (Å²) < 4.78 is 10.2. The molecule has 2 atom stereocenters. The van der Waals surface area contributed by atoms with E-state index in [1.807, 2.05) is 0 Å². The molecule has 0 aromatic rings. The molecule has 0 aliphatic carbocycles. The van der Waals surface area contributed by atoms with Gasteiger partial charge in [-0.1, -0.05) is 65.2 Å². The van der Waals surface area contributed by atoms with Crippen molar-refractivity contribution in [2.75, 3.05) is 13.2 Å². The first-order chi connectivity index (χ1) is 11.4. The van der Waals surface area contributed by atoms with Crippen LogP contribution in [0.25, 0.3) is 0 Å². The summed E-state index contributed by atoms with van der Waals surface area (Å²) in [5.74, 6) is -0.0558. The maximum Gasteiger partial charge on any atom is 0.306 e. The molecule has 2 saturated heterocycles. The first-order valence-corrected chi connectivity index (χ1v) is 9.72. The number of unbranched alkanes of at least 4 members (excludes halogenated alkanes) is 7. The molecular weight excluding hydrogens is 304 g/mol. The van der Waals surface area contributed by atoms with E-state index in [1.165, 1.54) is 51.4 Å². The normalized spacial score (nSPS) is 29.8. The first kappa shape index (κ1) is 19.3. The Balaban J connectivity index is 1.38. The van der Waals surface area contributed by atoms with Crippen LogP contribution in [0.15, 0.2) is 0 Å². The highest BCUT2D eigenvalue weighted by Crippen LogP contribution is 2.35. The van der Waals surface area contributed by atoms with Crippen LogP contribution in [0.2, 0.25) is 0 Å². The van der Waals surface area contributed by atoms with E-state index >= 15 is 0 Å². The fourth-order valence-corrected chi connectivity index (χ4v) is 3.90. The average molecular weight is 338 g/mol. The van der Waals surface area contributed by atoms with Gasteiger partial charge in [-0.05, 0) is 12.8 Å². The minimum absolute atomic E-state index is 0.0279. The Morgan fingerprint density at radius 1 is 0.667 bits per heavy atom. The molecule has 2 aliphatic rings. The summed E-state index contributed by atoms with van der Waals surface area (Å²) in [4.78, 5) is 22.4. The van der Waals surface area contributed by atoms with Crippen LogP contribution in [-0.2, 0) is 19.1 Å². The van der Waals surface area contributed by atoms with E-state index < -0.39 is 0 Å². The fraction of sp³-hybridized carbons (Fsp3) is 0.900. The lowest BCUT2D eigenvalue weighted by atomic mass is 9.83. The summed E-state index contributed by atoms with van der Waals surface area (Å²) in [5.41, 5.74) is 0.192. The van der Waals surface area contributed by atoms with Gasteiger partial charge in [-0.2, -0.15) is 0 Å². The van der Waals surface area contributed by atoms with Gasteiger partial charge in [0.2, 0.25) is 0 Å². The van der Waals surface area contributed by atoms with Crippen LogP contribution in [-0.4, -0.2) is 25.2 Å². The van der Waals surface area contributed by atoms with Crippen molar-refractivity contribution in [3.05, 3.63) is 0 Å². The van der Waals surface area contributed by atoms with Crippen molar-refractivity contribution in [3.8, 4) is 0 Å². The molecule has 0 aromatic heterocycles. The quantitative estimate of drug-likeness (QED) is 0.401. The van der Waals surface area contributed by atoms with Gasteiger partial charge in [0.15, 0.2) is 0 Å². The van der Waals surface area contributed by atoms with Crippen molar-refractivity contribution in [3.63, 3.8) is 0 Å². The molecule has 0 amide bonds. The summed E-state index contributed by atoms with van der Waals surface area (Å²) in [7, 11) is 0. The van der Waals surface area contributed by atoms with Gasteiger partial charge in [0.1, 0.15) is 0 Å². The molecule has 0 N–H and O–H groups in total. The first-order valence-electron chi connectivity index (χ1n) is 9.72. The van der Waals surface area contributed by atoms with Gasteiger partial charge in [0.05, 0.1) is 26.1 Å². The van der Waals surface area contributed by atoms with Crippen LogP contribution in [0.4, 0.5) is 0 Å². The number of rotatable bonds is 11. The van der Waals surface area contributed by atoms with Gasteiger partial charge in [-0.15, -0.1) is 0 Å². The van der Waals surface area contributed by atoms with E-state index in [0.29, 0.717) is 26.1 Å². The van der Waals surface area contributed by atoms with E-state index in [4.69, 9.17) is 9.47 Å². The van der Waals surface area contributed by atoms with Crippen LogP contribution in [0.3, 0.4) is 0 Å². The van der Waals surface area contributed by atoms with E-state index in [2.05, 4.69) is 13.8 Å². The smallest absolute Gasteiger partial charge is 0.306 e. The summed E-state index contributed by atoms with van der Waals surface area (Å²) in [5, 5.41) is 0. The lowest BCUT2D eigenvalue weighted by Crippen LogP contribution is -2.15. The average Bonchev–Trinajstić information content (AvgIpc) is 3.04. The van der Waals surface area contributed by atoms with Gasteiger partial charge in [0.25, 0.3) is 0 Å². The number of carbonyl (C=O) groups excluding carboxylic acids is 2. The minimum atomic E-state index is -0.0279. The van der Waals surface area contributed by atoms with Crippen LogP contribution in [0.5, 0.6) is 0 Å². The Kier molecular flexibility index (Phi) is 7.12. The lowest BCUT2D eigenvalue weighted by molar-refractivity contribution is -0.138. The summed E-state index contributed by atoms with van der Waals surface area (Å²) in [6, 6.07) is 0. The third kappa shape index (κ3) is 6.45. The third-order valence-electron chi connectivity index (χ3n) is 5.62. The number of hydrogen-bond acceptors (Lipinski definition) is 4. The lowest BCUT2D eigenvalue weighted by Gasteiger charge is -2.19. The van der Waals surface area contributed by atoms with Gasteiger partial charge in [-0.3, -0.25) is 9.59 Å². The third-order valence-corrected chi connectivity index (χ3v) is 5.62. The van der Waals surface area contributed by atoms with Crippen molar-refractivity contribution >= 4 is 11.9 Å². The zero-order valence-electron chi connectivity index (χ0n) is 15.5. The highest BCUT2D eigenvalue weighted by atomic mass is 16.5. The van der Waals surface area contributed by atoms with Crippen molar-refractivity contribution in [1.82, 2.24) is 0 Å². The number of cyclic esters (lactones) is 2. The Morgan fingerprint density at radius 2 is 1.00 bits per heavy atom. The Labute approximate surface area is 146 Å². The second-order valence-corrected chi connectivity index (χ2v) is 8.62. The molecular formula is C20H34O4. The topological polar surface area (TPSA) is 52.6 Å². The van der Waals surface area contributed by atoms with Crippen LogP contribution in [0.1, 0.15) is 90.9 Å². The molecule has 2 fully saturated rings. The standard InChI is InChI=1S/C20H34O4/c1-19(13-17(21)23-15-19)11-9-7-5-3-4-6-8-10-12-20(2)14-18(22)24-16-20/h3-16H2,1-2H3/t19-,20+. The zero-order valence-corrected chi connectivity index (χ0v) is 15.5. The highest BCUT2D eigenvalue weighted by molar-refractivity contribution is 5.72. The molecule has 24 heavy (non-hydrogen) atoms. The van der Waals surface area contributed by atoms with Crippen molar-refractivity contribution in [1.29, 1.82) is 0 Å². The fourth-order valence-electron chi connectivity index (χ4n) is 3.90. The highest BCUT2D eigenvalue weighted by Gasteiger charge is 2.35. The van der Waals surface area contributed by atoms with Gasteiger partial charge >= 0.3 is 11.9 Å². The van der Waals surface area contributed by atoms with Gasteiger partial charge < -0.3 is 9.47 Å². The molecule has 0 unspecified atom stereocenters. The molecule has 2 rings (SSSR count). The molecule has 4 nitrogen and oxygen atoms in total. The molecule has 0 bridgehead atoms. The SMILES string of the molecule is C[C@]1(CCCCCCCCCC[C@]2(C)COC(=O)C2)COC(=O)C1. The van der Waals surface area contributed by atoms with E-state index in [-0.39, 0.29) is 22.8 Å². The molecule has 2 aliphatic heterocycles. The number of hydrogen-bond donors (Lipinski definition) is 0. The maximum atomic E-state index is 11.2. The minimum Gasteiger partial charge on any atom is -0.465 e. The predicted octanol–water partition coefficient (Wildman–Crippen LogP) is 4.79. The van der Waals surface area contributed by atoms with Crippen LogP contribution >= 0.6 is 0 Å².